The predicted molar refractivity (Wildman–Crippen MR) is 167 cm³/mol. The minimum Gasteiger partial charge on any atom is -0.496 e. The Morgan fingerprint density at radius 2 is 1.37 bits per heavy atom. The smallest absolute Gasteiger partial charge is 0.322 e. The Bertz CT molecular complexity index is 1250. The monoisotopic (exact) mass is 558 g/mol. The third-order valence-corrected chi connectivity index (χ3v) is 8.42. The molecule has 6 nitrogen and oxygen atoms in total. The molecular weight excluding hydrogens is 512 g/mol. The molecule has 3 aromatic rings. The van der Waals surface area contributed by atoms with Gasteiger partial charge in [0, 0.05) is 23.9 Å². The second kappa shape index (κ2) is 13.8. The number of hydrogen-bond donors (Lipinski definition) is 1. The van der Waals surface area contributed by atoms with Crippen molar-refractivity contribution in [3.05, 3.63) is 82.9 Å². The largest absolute Gasteiger partial charge is 0.496 e. The molecule has 2 amide bonds. The van der Waals surface area contributed by atoms with Crippen LogP contribution in [-0.2, 0) is 6.54 Å². The Balaban J connectivity index is 1.70. The number of para-hydroxylation sites is 1. The number of carbonyl (C=O) groups excluding carboxylic acids is 1. The van der Waals surface area contributed by atoms with Gasteiger partial charge in [-0.15, -0.1) is 0 Å². The van der Waals surface area contributed by atoms with E-state index in [9.17, 15) is 4.79 Å². The van der Waals surface area contributed by atoms with Crippen molar-refractivity contribution in [2.45, 2.75) is 83.7 Å². The van der Waals surface area contributed by atoms with E-state index >= 15 is 0 Å². The van der Waals surface area contributed by atoms with Crippen molar-refractivity contribution < 1.29 is 19.0 Å². The van der Waals surface area contributed by atoms with Crippen molar-refractivity contribution in [2.75, 3.05) is 26.6 Å². The van der Waals surface area contributed by atoms with E-state index in [1.165, 1.54) is 5.56 Å². The molecule has 1 aliphatic rings. The number of benzene rings is 3. The zero-order valence-electron chi connectivity index (χ0n) is 25.7. The Labute approximate surface area is 246 Å². The van der Waals surface area contributed by atoms with Crippen LogP contribution in [-0.4, -0.2) is 38.3 Å². The van der Waals surface area contributed by atoms with Crippen LogP contribution in [0.3, 0.4) is 0 Å². The molecule has 41 heavy (non-hydrogen) atoms. The lowest BCUT2D eigenvalue weighted by molar-refractivity contribution is 0.156. The molecule has 6 heteroatoms. The van der Waals surface area contributed by atoms with Gasteiger partial charge in [0.1, 0.15) is 17.2 Å². The van der Waals surface area contributed by atoms with Crippen LogP contribution in [0.2, 0.25) is 0 Å². The van der Waals surface area contributed by atoms with Gasteiger partial charge in [0.15, 0.2) is 0 Å². The maximum Gasteiger partial charge on any atom is 0.322 e. The number of anilines is 1. The highest BCUT2D eigenvalue weighted by Crippen LogP contribution is 2.40. The van der Waals surface area contributed by atoms with Crippen LogP contribution in [0.15, 0.2) is 60.7 Å². The van der Waals surface area contributed by atoms with E-state index in [1.807, 2.05) is 17.0 Å². The van der Waals surface area contributed by atoms with Gasteiger partial charge in [-0.1, -0.05) is 76.2 Å². The molecule has 0 heterocycles. The fourth-order valence-corrected chi connectivity index (χ4v) is 6.09. The number of nitrogens with one attached hydrogen (secondary N) is 1. The highest BCUT2D eigenvalue weighted by atomic mass is 16.5. The van der Waals surface area contributed by atoms with E-state index in [0.29, 0.717) is 29.7 Å². The summed E-state index contributed by atoms with van der Waals surface area (Å²) in [5.41, 5.74) is 5.44. The number of hydrogen-bond acceptors (Lipinski definition) is 4. The van der Waals surface area contributed by atoms with E-state index < -0.39 is 0 Å². The predicted octanol–water partition coefficient (Wildman–Crippen LogP) is 8.72. The van der Waals surface area contributed by atoms with E-state index in [1.54, 1.807) is 21.3 Å². The SMILES string of the molecule is COc1cc(OC)c(CN(C(=O)Nc2c(C(C)C)cccc2C(C)C)[C@H]2CC[C@H](c3ccccc3)CC2)c(OC)c1. The van der Waals surface area contributed by atoms with Crippen LogP contribution in [0.5, 0.6) is 17.2 Å². The summed E-state index contributed by atoms with van der Waals surface area (Å²) in [4.78, 5) is 16.3. The van der Waals surface area contributed by atoms with Crippen LogP contribution in [0, 0.1) is 0 Å². The number of amides is 2. The van der Waals surface area contributed by atoms with Crippen molar-refractivity contribution >= 4 is 11.7 Å². The van der Waals surface area contributed by atoms with Gasteiger partial charge in [-0.2, -0.15) is 0 Å². The second-order valence-corrected chi connectivity index (χ2v) is 11.6. The van der Waals surface area contributed by atoms with Crippen molar-refractivity contribution in [2.24, 2.45) is 0 Å². The van der Waals surface area contributed by atoms with Gasteiger partial charge in [-0.05, 0) is 60.1 Å². The molecule has 4 rings (SSSR count). The van der Waals surface area contributed by atoms with Crippen molar-refractivity contribution in [1.29, 1.82) is 0 Å². The molecule has 1 fully saturated rings. The van der Waals surface area contributed by atoms with Gasteiger partial charge in [-0.25, -0.2) is 4.79 Å². The fourth-order valence-electron chi connectivity index (χ4n) is 6.09. The molecule has 0 aliphatic heterocycles. The van der Waals surface area contributed by atoms with Gasteiger partial charge >= 0.3 is 6.03 Å². The zero-order chi connectivity index (χ0) is 29.5. The highest BCUT2D eigenvalue weighted by molar-refractivity contribution is 5.92. The van der Waals surface area contributed by atoms with Crippen molar-refractivity contribution in [3.8, 4) is 17.2 Å². The minimum atomic E-state index is -0.0944. The van der Waals surface area contributed by atoms with E-state index in [-0.39, 0.29) is 23.9 Å². The maximum atomic E-state index is 14.3. The average Bonchev–Trinajstić information content (AvgIpc) is 2.99. The number of methoxy groups -OCH3 is 3. The van der Waals surface area contributed by atoms with Gasteiger partial charge in [0.2, 0.25) is 0 Å². The molecule has 3 aromatic carbocycles. The van der Waals surface area contributed by atoms with Crippen LogP contribution in [0.1, 0.15) is 93.4 Å². The number of urea groups is 1. The Morgan fingerprint density at radius 1 is 0.805 bits per heavy atom. The summed E-state index contributed by atoms with van der Waals surface area (Å²) < 4.78 is 17.0. The van der Waals surface area contributed by atoms with E-state index in [4.69, 9.17) is 14.2 Å². The van der Waals surface area contributed by atoms with E-state index in [0.717, 1.165) is 48.1 Å². The summed E-state index contributed by atoms with van der Waals surface area (Å²) in [6.45, 7) is 9.05. The lowest BCUT2D eigenvalue weighted by atomic mass is 9.81. The second-order valence-electron chi connectivity index (χ2n) is 11.6. The van der Waals surface area contributed by atoms with Crippen molar-refractivity contribution in [1.82, 2.24) is 4.90 Å². The molecule has 1 saturated carbocycles. The third-order valence-electron chi connectivity index (χ3n) is 8.42. The molecule has 0 radical (unpaired) electrons. The molecule has 0 unspecified atom stereocenters. The standard InChI is InChI=1S/C35H46N2O4/c1-23(2)29-14-11-15-30(24(3)4)34(29)36-35(38)37(22-31-32(40-6)20-28(39-5)21-33(31)41-7)27-18-16-26(17-19-27)25-12-9-8-10-13-25/h8-15,20-21,23-24,26-27H,16-19,22H2,1-7H3,(H,36,38)/t26-,27-. The normalized spacial score (nSPS) is 16.9. The number of carbonyl (C=O) groups is 1. The van der Waals surface area contributed by atoms with Gasteiger partial charge in [0.05, 0.1) is 33.4 Å². The molecule has 0 saturated heterocycles. The lowest BCUT2D eigenvalue weighted by Crippen LogP contribution is -2.44. The number of rotatable bonds is 10. The van der Waals surface area contributed by atoms with E-state index in [2.05, 4.69) is 81.5 Å². The number of ether oxygens (including phenoxy) is 3. The third kappa shape index (κ3) is 6.98. The van der Waals surface area contributed by atoms with Crippen LogP contribution >= 0.6 is 0 Å². The van der Waals surface area contributed by atoms with Gasteiger partial charge < -0.3 is 24.4 Å². The van der Waals surface area contributed by atoms with Crippen molar-refractivity contribution in [3.63, 3.8) is 0 Å². The summed E-state index contributed by atoms with van der Waals surface area (Å²) in [5, 5.41) is 3.38. The summed E-state index contributed by atoms with van der Waals surface area (Å²) in [6.07, 6.45) is 3.93. The molecule has 1 N–H and O–H groups in total. The van der Waals surface area contributed by atoms with Gasteiger partial charge in [-0.3, -0.25) is 0 Å². The Morgan fingerprint density at radius 3 is 1.85 bits per heavy atom. The summed E-state index contributed by atoms with van der Waals surface area (Å²) >= 11 is 0. The highest BCUT2D eigenvalue weighted by Gasteiger charge is 2.32. The zero-order valence-corrected chi connectivity index (χ0v) is 25.7. The maximum absolute atomic E-state index is 14.3. The first-order valence-electron chi connectivity index (χ1n) is 14.8. The minimum absolute atomic E-state index is 0.0835. The molecule has 0 aromatic heterocycles. The van der Waals surface area contributed by atoms with Crippen LogP contribution in [0.4, 0.5) is 10.5 Å². The topological polar surface area (TPSA) is 60.0 Å². The summed E-state index contributed by atoms with van der Waals surface area (Å²) in [5.74, 6) is 3.00. The molecule has 0 spiro atoms. The molecular formula is C35H46N2O4. The lowest BCUT2D eigenvalue weighted by Gasteiger charge is -2.38. The molecule has 0 atom stereocenters. The number of nitrogens with zero attached hydrogens (tertiary/aromatic N) is 1. The summed E-state index contributed by atoms with van der Waals surface area (Å²) in [7, 11) is 4.90. The summed E-state index contributed by atoms with van der Waals surface area (Å²) in [6, 6.07) is 20.8. The fraction of sp³-hybridized carbons (Fsp3) is 0.457. The first-order valence-corrected chi connectivity index (χ1v) is 14.8. The Hall–Kier alpha value is -3.67. The first kappa shape index (κ1) is 30.3. The Kier molecular flexibility index (Phi) is 10.2. The van der Waals surface area contributed by atoms with Crippen LogP contribution < -0.4 is 19.5 Å². The van der Waals surface area contributed by atoms with Gasteiger partial charge in [0.25, 0.3) is 0 Å². The quantitative estimate of drug-likeness (QED) is 0.270. The molecule has 220 valence electrons. The molecule has 0 bridgehead atoms. The first-order chi connectivity index (χ1) is 19.8. The molecule has 1 aliphatic carbocycles. The van der Waals surface area contributed by atoms with Crippen LogP contribution in [0.25, 0.3) is 0 Å². The average molecular weight is 559 g/mol.